The van der Waals surface area contributed by atoms with Crippen LogP contribution in [0.3, 0.4) is 0 Å². The zero-order chi connectivity index (χ0) is 13.2. The van der Waals surface area contributed by atoms with E-state index in [1.165, 1.54) is 18.9 Å². The van der Waals surface area contributed by atoms with Gasteiger partial charge in [-0.3, -0.25) is 4.79 Å². The minimum atomic E-state index is -4.46. The molecule has 1 amide bonds. The number of amides is 1. The predicted octanol–water partition coefficient (Wildman–Crippen LogP) is 0.0159. The van der Waals surface area contributed by atoms with E-state index in [0.29, 0.717) is 13.1 Å². The van der Waals surface area contributed by atoms with E-state index >= 15 is 0 Å². The van der Waals surface area contributed by atoms with Crippen LogP contribution < -0.4 is 11.2 Å². The number of carbonyl (C=O) groups excluding carboxylic acids is 1. The molecule has 0 saturated carbocycles. The Labute approximate surface area is 97.0 Å². The highest BCUT2D eigenvalue weighted by molar-refractivity contribution is 5.74. The lowest BCUT2D eigenvalue weighted by atomic mass is 10.1. The second-order valence-corrected chi connectivity index (χ2v) is 3.82. The van der Waals surface area contributed by atoms with Gasteiger partial charge in [-0.2, -0.15) is 13.2 Å². The highest BCUT2D eigenvalue weighted by Gasteiger charge is 2.36. The summed E-state index contributed by atoms with van der Waals surface area (Å²) in [5.41, 5.74) is -0.915. The van der Waals surface area contributed by atoms with Gasteiger partial charge in [-0.15, -0.1) is 0 Å². The standard InChI is InChI=1S/C9H15F3N4O/c1-6(17)15-3-7(4-15)16(13)5-8(14-2)9(10,11)12/h5,7,14H,3-4,13H2,1-2H3/b8-5-. The third-order valence-electron chi connectivity index (χ3n) is 2.58. The Hall–Kier alpha value is -1.44. The molecule has 1 rings (SSSR count). The molecule has 0 atom stereocenters. The van der Waals surface area contributed by atoms with Gasteiger partial charge in [-0.1, -0.05) is 0 Å². The molecule has 1 aliphatic rings. The fourth-order valence-corrected chi connectivity index (χ4v) is 1.43. The molecule has 0 aromatic carbocycles. The van der Waals surface area contributed by atoms with Crippen molar-refractivity contribution < 1.29 is 18.0 Å². The molecule has 0 aromatic heterocycles. The molecule has 1 heterocycles. The number of carbonyl (C=O) groups is 1. The highest BCUT2D eigenvalue weighted by atomic mass is 19.4. The first-order valence-corrected chi connectivity index (χ1v) is 5.01. The number of likely N-dealkylation sites (tertiary alicyclic amines) is 1. The van der Waals surface area contributed by atoms with Crippen LogP contribution in [0.2, 0.25) is 0 Å². The number of hydrazine groups is 1. The van der Waals surface area contributed by atoms with Crippen LogP contribution in [-0.4, -0.2) is 48.2 Å². The third kappa shape index (κ3) is 3.26. The summed E-state index contributed by atoms with van der Waals surface area (Å²) in [6.45, 7) is 2.09. The Balaban J connectivity index is 2.58. The number of hydrogen-bond acceptors (Lipinski definition) is 4. The lowest BCUT2D eigenvalue weighted by Gasteiger charge is -2.42. The van der Waals surface area contributed by atoms with Gasteiger partial charge >= 0.3 is 6.18 Å². The lowest BCUT2D eigenvalue weighted by molar-refractivity contribution is -0.135. The summed E-state index contributed by atoms with van der Waals surface area (Å²) in [7, 11) is 1.18. The van der Waals surface area contributed by atoms with Crippen molar-refractivity contribution in [3.05, 3.63) is 11.9 Å². The molecule has 3 N–H and O–H groups in total. The van der Waals surface area contributed by atoms with Gasteiger partial charge in [0.25, 0.3) is 0 Å². The molecule has 5 nitrogen and oxygen atoms in total. The van der Waals surface area contributed by atoms with E-state index in [2.05, 4.69) is 0 Å². The average Bonchev–Trinajstić information content (AvgIpc) is 2.08. The summed E-state index contributed by atoms with van der Waals surface area (Å²) in [6.07, 6.45) is -3.65. The van der Waals surface area contributed by atoms with Crippen LogP contribution in [0.1, 0.15) is 6.92 Å². The molecular formula is C9H15F3N4O. The van der Waals surface area contributed by atoms with Gasteiger partial charge in [0.2, 0.25) is 5.91 Å². The van der Waals surface area contributed by atoms with Crippen LogP contribution >= 0.6 is 0 Å². The summed E-state index contributed by atoms with van der Waals surface area (Å²) >= 11 is 0. The molecule has 0 aromatic rings. The summed E-state index contributed by atoms with van der Waals surface area (Å²) in [4.78, 5) is 12.4. The Morgan fingerprint density at radius 2 is 2.06 bits per heavy atom. The van der Waals surface area contributed by atoms with E-state index in [0.717, 1.165) is 11.2 Å². The van der Waals surface area contributed by atoms with Crippen molar-refractivity contribution in [1.29, 1.82) is 0 Å². The van der Waals surface area contributed by atoms with Gasteiger partial charge in [0.05, 0.1) is 6.04 Å². The smallest absolute Gasteiger partial charge is 0.383 e. The van der Waals surface area contributed by atoms with E-state index in [-0.39, 0.29) is 11.9 Å². The molecule has 0 unspecified atom stereocenters. The average molecular weight is 252 g/mol. The molecule has 98 valence electrons. The zero-order valence-corrected chi connectivity index (χ0v) is 9.58. The molecule has 0 spiro atoms. The van der Waals surface area contributed by atoms with Crippen LogP contribution in [0.25, 0.3) is 0 Å². The number of nitrogens with zero attached hydrogens (tertiary/aromatic N) is 2. The van der Waals surface area contributed by atoms with E-state index < -0.39 is 11.9 Å². The molecule has 0 bridgehead atoms. The number of alkyl halides is 3. The maximum Gasteiger partial charge on any atom is 0.432 e. The van der Waals surface area contributed by atoms with Crippen molar-refractivity contribution in [1.82, 2.24) is 15.2 Å². The molecular weight excluding hydrogens is 237 g/mol. The van der Waals surface area contributed by atoms with Gasteiger partial charge in [0.1, 0.15) is 5.70 Å². The van der Waals surface area contributed by atoms with Crippen LogP contribution in [0.4, 0.5) is 13.2 Å². The first-order valence-electron chi connectivity index (χ1n) is 5.01. The first kappa shape index (κ1) is 13.6. The minimum Gasteiger partial charge on any atom is -0.383 e. The second-order valence-electron chi connectivity index (χ2n) is 3.82. The van der Waals surface area contributed by atoms with Crippen molar-refractivity contribution in [2.75, 3.05) is 20.1 Å². The van der Waals surface area contributed by atoms with Crippen molar-refractivity contribution in [3.63, 3.8) is 0 Å². The number of nitrogens with two attached hydrogens (primary N) is 1. The second kappa shape index (κ2) is 4.82. The van der Waals surface area contributed by atoms with E-state index in [1.54, 1.807) is 0 Å². The van der Waals surface area contributed by atoms with Crippen LogP contribution in [0, 0.1) is 0 Å². The first-order chi connectivity index (χ1) is 7.75. The van der Waals surface area contributed by atoms with Crippen molar-refractivity contribution in [2.45, 2.75) is 19.1 Å². The Kier molecular flexibility index (Phi) is 3.87. The highest BCUT2D eigenvalue weighted by Crippen LogP contribution is 2.24. The normalized spacial score (nSPS) is 17.8. The summed E-state index contributed by atoms with van der Waals surface area (Å²) in [6, 6.07) is -0.274. The van der Waals surface area contributed by atoms with E-state index in [1.807, 2.05) is 5.32 Å². The number of allylic oxidation sites excluding steroid dienone is 1. The topological polar surface area (TPSA) is 61.6 Å². The summed E-state index contributed by atoms with van der Waals surface area (Å²) in [5.74, 6) is 5.39. The maximum atomic E-state index is 12.4. The molecule has 8 heteroatoms. The quantitative estimate of drug-likeness (QED) is 0.549. The number of rotatable bonds is 3. The largest absolute Gasteiger partial charge is 0.432 e. The van der Waals surface area contributed by atoms with E-state index in [4.69, 9.17) is 5.84 Å². The van der Waals surface area contributed by atoms with Crippen LogP contribution in [0.5, 0.6) is 0 Å². The predicted molar refractivity (Wildman–Crippen MR) is 55.3 cm³/mol. The zero-order valence-electron chi connectivity index (χ0n) is 9.58. The van der Waals surface area contributed by atoms with Crippen molar-refractivity contribution in [2.24, 2.45) is 5.84 Å². The number of nitrogens with one attached hydrogen (secondary N) is 1. The molecule has 1 saturated heterocycles. The molecule has 17 heavy (non-hydrogen) atoms. The summed E-state index contributed by atoms with van der Waals surface area (Å²) in [5, 5.41) is 3.03. The monoisotopic (exact) mass is 252 g/mol. The van der Waals surface area contributed by atoms with Crippen LogP contribution in [0.15, 0.2) is 11.9 Å². The lowest BCUT2D eigenvalue weighted by Crippen LogP contribution is -2.61. The van der Waals surface area contributed by atoms with Crippen LogP contribution in [-0.2, 0) is 4.79 Å². The molecule has 0 radical (unpaired) electrons. The number of hydrogen-bond donors (Lipinski definition) is 2. The fourth-order valence-electron chi connectivity index (χ4n) is 1.43. The minimum absolute atomic E-state index is 0.108. The Bertz CT molecular complexity index is 323. The van der Waals surface area contributed by atoms with Crippen molar-refractivity contribution >= 4 is 5.91 Å². The van der Waals surface area contributed by atoms with E-state index in [9.17, 15) is 18.0 Å². The van der Waals surface area contributed by atoms with Gasteiger partial charge < -0.3 is 15.2 Å². The van der Waals surface area contributed by atoms with Gasteiger partial charge in [0, 0.05) is 33.3 Å². The Morgan fingerprint density at radius 1 is 1.53 bits per heavy atom. The van der Waals surface area contributed by atoms with Gasteiger partial charge in [-0.25, -0.2) is 5.84 Å². The molecule has 1 fully saturated rings. The van der Waals surface area contributed by atoms with Gasteiger partial charge in [0.15, 0.2) is 0 Å². The summed E-state index contributed by atoms with van der Waals surface area (Å²) < 4.78 is 37.2. The molecule has 1 aliphatic heterocycles. The van der Waals surface area contributed by atoms with Crippen molar-refractivity contribution in [3.8, 4) is 0 Å². The SMILES string of the molecule is CN/C(=C\N(N)C1CN(C(C)=O)C1)C(F)(F)F. The third-order valence-corrected chi connectivity index (χ3v) is 2.58. The number of halogens is 3. The van der Waals surface area contributed by atoms with Gasteiger partial charge in [-0.05, 0) is 0 Å². The maximum absolute atomic E-state index is 12.4. The fraction of sp³-hybridized carbons (Fsp3) is 0.667. The molecule has 0 aliphatic carbocycles. The Morgan fingerprint density at radius 3 is 2.41 bits per heavy atom.